The summed E-state index contributed by atoms with van der Waals surface area (Å²) >= 11 is 3.22. The van der Waals surface area contributed by atoms with Crippen molar-refractivity contribution in [1.29, 1.82) is 0 Å². The number of anilines is 1. The van der Waals surface area contributed by atoms with E-state index >= 15 is 0 Å². The second-order valence-corrected chi connectivity index (χ2v) is 6.17. The highest BCUT2D eigenvalue weighted by atomic mass is 79.9. The molecule has 2 aromatic rings. The van der Waals surface area contributed by atoms with Crippen LogP contribution in [0.25, 0.3) is 0 Å². The first-order chi connectivity index (χ1) is 11.0. The van der Waals surface area contributed by atoms with Crippen LogP contribution in [0.2, 0.25) is 0 Å². The van der Waals surface area contributed by atoms with Crippen molar-refractivity contribution >= 4 is 33.2 Å². The maximum atomic E-state index is 14.0. The Hall–Kier alpha value is -2.28. The van der Waals surface area contributed by atoms with Crippen molar-refractivity contribution in [3.63, 3.8) is 0 Å². The summed E-state index contributed by atoms with van der Waals surface area (Å²) in [4.78, 5) is 24.6. The average molecular weight is 379 g/mol. The zero-order valence-electron chi connectivity index (χ0n) is 12.0. The van der Waals surface area contributed by atoms with Gasteiger partial charge in [-0.25, -0.2) is 4.39 Å². The smallest absolute Gasteiger partial charge is 0.271 e. The molecule has 1 aliphatic rings. The molecule has 0 radical (unpaired) electrons. The maximum Gasteiger partial charge on any atom is 0.271 e. The van der Waals surface area contributed by atoms with Gasteiger partial charge in [-0.05, 0) is 36.6 Å². The number of benzene rings is 2. The SMILES string of the molecule is O=C(c1cc(Br)ccc1F)N1CCCc2ccc([N+](=O)[O-])cc21. The minimum absolute atomic E-state index is 0.0567. The maximum absolute atomic E-state index is 14.0. The van der Waals surface area contributed by atoms with E-state index in [2.05, 4.69) is 15.9 Å². The highest BCUT2D eigenvalue weighted by Crippen LogP contribution is 2.32. The summed E-state index contributed by atoms with van der Waals surface area (Å²) in [5.74, 6) is -1.11. The molecule has 0 atom stereocenters. The first-order valence-electron chi connectivity index (χ1n) is 7.01. The monoisotopic (exact) mass is 378 g/mol. The number of nitro groups is 1. The van der Waals surface area contributed by atoms with Gasteiger partial charge in [0.15, 0.2) is 0 Å². The lowest BCUT2D eigenvalue weighted by Gasteiger charge is -2.29. The van der Waals surface area contributed by atoms with Crippen molar-refractivity contribution in [2.45, 2.75) is 12.8 Å². The van der Waals surface area contributed by atoms with Crippen LogP contribution in [0.15, 0.2) is 40.9 Å². The third-order valence-corrected chi connectivity index (χ3v) is 4.30. The molecular formula is C16H12BrFN2O3. The molecule has 0 aliphatic carbocycles. The quantitative estimate of drug-likeness (QED) is 0.583. The van der Waals surface area contributed by atoms with Gasteiger partial charge in [0, 0.05) is 23.2 Å². The van der Waals surface area contributed by atoms with Crippen molar-refractivity contribution in [3.05, 3.63) is 67.9 Å². The Kier molecular flexibility index (Phi) is 4.12. The van der Waals surface area contributed by atoms with Crippen LogP contribution in [-0.4, -0.2) is 17.4 Å². The zero-order chi connectivity index (χ0) is 16.6. The number of carbonyl (C=O) groups excluding carboxylic acids is 1. The minimum Gasteiger partial charge on any atom is -0.308 e. The molecule has 0 fully saturated rings. The average Bonchev–Trinajstić information content (AvgIpc) is 2.55. The lowest BCUT2D eigenvalue weighted by Crippen LogP contribution is -2.36. The largest absolute Gasteiger partial charge is 0.308 e. The fraction of sp³-hybridized carbons (Fsp3) is 0.188. The number of hydrogen-bond acceptors (Lipinski definition) is 3. The van der Waals surface area contributed by atoms with Crippen LogP contribution in [0, 0.1) is 15.9 Å². The molecule has 1 heterocycles. The number of rotatable bonds is 2. The zero-order valence-corrected chi connectivity index (χ0v) is 13.5. The fourth-order valence-corrected chi connectivity index (χ4v) is 3.06. The normalized spacial score (nSPS) is 13.6. The molecule has 0 saturated carbocycles. The number of non-ortho nitro benzene ring substituents is 1. The molecule has 118 valence electrons. The van der Waals surface area contributed by atoms with Gasteiger partial charge >= 0.3 is 0 Å². The van der Waals surface area contributed by atoms with E-state index in [9.17, 15) is 19.3 Å². The Balaban J connectivity index is 2.05. The van der Waals surface area contributed by atoms with Gasteiger partial charge in [0.05, 0.1) is 16.2 Å². The summed E-state index contributed by atoms with van der Waals surface area (Å²) in [6.07, 6.45) is 1.46. The molecule has 23 heavy (non-hydrogen) atoms. The van der Waals surface area contributed by atoms with Gasteiger partial charge in [0.25, 0.3) is 11.6 Å². The third kappa shape index (κ3) is 2.96. The summed E-state index contributed by atoms with van der Waals surface area (Å²) < 4.78 is 14.6. The van der Waals surface area contributed by atoms with Gasteiger partial charge in [-0.3, -0.25) is 14.9 Å². The van der Waals surface area contributed by atoms with Crippen LogP contribution in [0.1, 0.15) is 22.3 Å². The number of halogens is 2. The molecule has 0 saturated heterocycles. The van der Waals surface area contributed by atoms with Gasteiger partial charge in [-0.1, -0.05) is 22.0 Å². The standard InChI is InChI=1S/C16H12BrFN2O3/c17-11-4-6-14(18)13(8-11)16(21)19-7-1-2-10-3-5-12(20(22)23)9-15(10)19/h3-6,8-9H,1-2,7H2. The Morgan fingerprint density at radius 2 is 2.04 bits per heavy atom. The van der Waals surface area contributed by atoms with Crippen molar-refractivity contribution in [1.82, 2.24) is 0 Å². The van der Waals surface area contributed by atoms with Gasteiger partial charge in [0.1, 0.15) is 5.82 Å². The summed E-state index contributed by atoms with van der Waals surface area (Å²) in [7, 11) is 0. The van der Waals surface area contributed by atoms with E-state index in [1.165, 1.54) is 35.2 Å². The molecule has 0 unspecified atom stereocenters. The number of nitrogens with zero attached hydrogens (tertiary/aromatic N) is 2. The predicted octanol–water partition coefficient (Wildman–Crippen LogP) is 4.09. The van der Waals surface area contributed by atoms with E-state index in [-0.39, 0.29) is 11.3 Å². The molecule has 0 N–H and O–H groups in total. The van der Waals surface area contributed by atoms with E-state index < -0.39 is 16.6 Å². The minimum atomic E-state index is -0.615. The first-order valence-corrected chi connectivity index (χ1v) is 7.81. The van der Waals surface area contributed by atoms with Crippen LogP contribution in [0.5, 0.6) is 0 Å². The third-order valence-electron chi connectivity index (χ3n) is 3.80. The number of aryl methyl sites for hydroxylation is 1. The van der Waals surface area contributed by atoms with E-state index in [1.807, 2.05) is 0 Å². The Labute approximate surface area is 140 Å². The Morgan fingerprint density at radius 1 is 1.26 bits per heavy atom. The summed E-state index contributed by atoms with van der Waals surface area (Å²) in [6.45, 7) is 0.402. The molecule has 1 amide bonds. The highest BCUT2D eigenvalue weighted by molar-refractivity contribution is 9.10. The molecule has 0 bridgehead atoms. The first kappa shape index (κ1) is 15.6. The van der Waals surface area contributed by atoms with Gasteiger partial charge < -0.3 is 4.90 Å². The predicted molar refractivity (Wildman–Crippen MR) is 87.2 cm³/mol. The second kappa shape index (κ2) is 6.08. The van der Waals surface area contributed by atoms with Crippen molar-refractivity contribution in [2.75, 3.05) is 11.4 Å². The molecule has 5 nitrogen and oxygen atoms in total. The van der Waals surface area contributed by atoms with Crippen LogP contribution in [0.3, 0.4) is 0 Å². The van der Waals surface area contributed by atoms with E-state index in [4.69, 9.17) is 0 Å². The van der Waals surface area contributed by atoms with Crippen molar-refractivity contribution in [3.8, 4) is 0 Å². The number of amides is 1. The van der Waals surface area contributed by atoms with E-state index in [0.29, 0.717) is 16.7 Å². The van der Waals surface area contributed by atoms with E-state index in [1.54, 1.807) is 6.07 Å². The summed E-state index contributed by atoms with van der Waals surface area (Å²) in [5.41, 5.74) is 1.19. The van der Waals surface area contributed by atoms with Gasteiger partial charge in [0.2, 0.25) is 0 Å². The molecule has 7 heteroatoms. The van der Waals surface area contributed by atoms with Gasteiger partial charge in [-0.2, -0.15) is 0 Å². The van der Waals surface area contributed by atoms with Crippen molar-refractivity contribution < 1.29 is 14.1 Å². The number of nitro benzene ring substituents is 1. The summed E-state index contributed by atoms with van der Waals surface area (Å²) in [5, 5.41) is 11.0. The molecule has 2 aromatic carbocycles. The number of fused-ring (bicyclic) bond motifs is 1. The van der Waals surface area contributed by atoms with Crippen LogP contribution in [0.4, 0.5) is 15.8 Å². The van der Waals surface area contributed by atoms with Crippen LogP contribution >= 0.6 is 15.9 Å². The molecule has 0 spiro atoms. The van der Waals surface area contributed by atoms with Crippen molar-refractivity contribution in [2.24, 2.45) is 0 Å². The topological polar surface area (TPSA) is 63.5 Å². The van der Waals surface area contributed by atoms with Crippen LogP contribution < -0.4 is 4.90 Å². The summed E-state index contributed by atoms with van der Waals surface area (Å²) in [6, 6.07) is 8.61. The second-order valence-electron chi connectivity index (χ2n) is 5.25. The fourth-order valence-electron chi connectivity index (χ4n) is 2.69. The lowest BCUT2D eigenvalue weighted by molar-refractivity contribution is -0.384. The molecule has 3 rings (SSSR count). The molecular weight excluding hydrogens is 367 g/mol. The van der Waals surface area contributed by atoms with Crippen LogP contribution in [-0.2, 0) is 6.42 Å². The van der Waals surface area contributed by atoms with E-state index in [0.717, 1.165) is 18.4 Å². The number of carbonyl (C=O) groups is 1. The number of hydrogen-bond donors (Lipinski definition) is 0. The lowest BCUT2D eigenvalue weighted by atomic mass is 10.00. The highest BCUT2D eigenvalue weighted by Gasteiger charge is 2.27. The Morgan fingerprint density at radius 3 is 2.78 bits per heavy atom. The molecule has 0 aromatic heterocycles. The Bertz CT molecular complexity index is 810. The molecule has 1 aliphatic heterocycles. The van der Waals surface area contributed by atoms with Gasteiger partial charge in [-0.15, -0.1) is 0 Å².